The predicted molar refractivity (Wildman–Crippen MR) is 83.1 cm³/mol. The zero-order chi connectivity index (χ0) is 16.0. The highest BCUT2D eigenvalue weighted by Crippen LogP contribution is 2.54. The predicted octanol–water partition coefficient (Wildman–Crippen LogP) is -0.128. The average molecular weight is 346 g/mol. The number of aliphatic carboxylic acids is 1. The van der Waals surface area contributed by atoms with Crippen LogP contribution in [0.3, 0.4) is 0 Å². The number of hydrogen-bond donors (Lipinski definition) is 3. The lowest BCUT2D eigenvalue weighted by Gasteiger charge is -2.43. The standard InChI is InChI=1S/C13H18N2O5S2/c1-5(16)8-10(17)15-9(12(18)19)13(22-11(8)15)21-7-4-14-3-6(7)20-2/h5-8,11,14,16H,3-4H2,1-2H3,(H,18,19)/t5?,6?,7?,8?,11-/m1/s1. The Balaban J connectivity index is 1.81. The number of carbonyl (C=O) groups excluding carboxylic acids is 1. The minimum atomic E-state index is -1.10. The summed E-state index contributed by atoms with van der Waals surface area (Å²) in [6.45, 7) is 3.03. The number of hydrogen-bond acceptors (Lipinski definition) is 7. The first-order valence-corrected chi connectivity index (χ1v) is 8.77. The highest BCUT2D eigenvalue weighted by Gasteiger charge is 2.58. The summed E-state index contributed by atoms with van der Waals surface area (Å²) in [6.07, 6.45) is -0.759. The van der Waals surface area contributed by atoms with Gasteiger partial charge in [-0.05, 0) is 6.92 Å². The van der Waals surface area contributed by atoms with Crippen molar-refractivity contribution in [2.24, 2.45) is 5.92 Å². The van der Waals surface area contributed by atoms with Crippen molar-refractivity contribution in [3.05, 3.63) is 9.93 Å². The fraction of sp³-hybridized carbons (Fsp3) is 0.692. The van der Waals surface area contributed by atoms with Gasteiger partial charge in [-0.3, -0.25) is 9.69 Å². The van der Waals surface area contributed by atoms with Crippen LogP contribution < -0.4 is 5.32 Å². The Hall–Kier alpha value is -0.740. The third-order valence-electron chi connectivity index (χ3n) is 4.14. The molecule has 3 aliphatic heterocycles. The lowest BCUT2D eigenvalue weighted by atomic mass is 9.92. The van der Waals surface area contributed by atoms with Gasteiger partial charge in [-0.15, -0.1) is 11.8 Å². The normalized spacial score (nSPS) is 35.6. The van der Waals surface area contributed by atoms with E-state index >= 15 is 0 Å². The fourth-order valence-electron chi connectivity index (χ4n) is 2.95. The summed E-state index contributed by atoms with van der Waals surface area (Å²) in [4.78, 5) is 25.0. The van der Waals surface area contributed by atoms with Crippen molar-refractivity contribution < 1.29 is 24.5 Å². The summed E-state index contributed by atoms with van der Waals surface area (Å²) >= 11 is 2.81. The number of methoxy groups -OCH3 is 1. The van der Waals surface area contributed by atoms with E-state index in [1.165, 1.54) is 28.4 Å². The van der Waals surface area contributed by atoms with Crippen LogP contribution in [0.2, 0.25) is 0 Å². The molecule has 0 spiro atoms. The Morgan fingerprint density at radius 1 is 1.55 bits per heavy atom. The quantitative estimate of drug-likeness (QED) is 0.592. The van der Waals surface area contributed by atoms with Crippen LogP contribution >= 0.6 is 23.5 Å². The number of amides is 1. The molecule has 22 heavy (non-hydrogen) atoms. The number of fused-ring (bicyclic) bond motifs is 1. The number of aliphatic hydroxyl groups excluding tert-OH is 1. The molecule has 0 aromatic carbocycles. The number of ether oxygens (including phenoxy) is 1. The molecule has 0 bridgehead atoms. The van der Waals surface area contributed by atoms with Crippen LogP contribution in [0, 0.1) is 5.92 Å². The van der Waals surface area contributed by atoms with E-state index in [0.717, 1.165) is 13.1 Å². The van der Waals surface area contributed by atoms with E-state index in [0.29, 0.717) is 4.24 Å². The highest BCUT2D eigenvalue weighted by atomic mass is 32.2. The van der Waals surface area contributed by atoms with Gasteiger partial charge in [0.2, 0.25) is 5.91 Å². The number of nitrogens with zero attached hydrogens (tertiary/aromatic N) is 1. The number of nitrogens with one attached hydrogen (secondary N) is 1. The van der Waals surface area contributed by atoms with Gasteiger partial charge < -0.3 is 20.3 Å². The summed E-state index contributed by atoms with van der Waals surface area (Å²) in [5.74, 6) is -1.94. The molecule has 3 aliphatic rings. The molecule has 7 nitrogen and oxygen atoms in total. The largest absolute Gasteiger partial charge is 0.477 e. The molecule has 3 N–H and O–H groups in total. The summed E-state index contributed by atoms with van der Waals surface area (Å²) in [7, 11) is 1.64. The van der Waals surface area contributed by atoms with Crippen molar-refractivity contribution in [2.45, 2.75) is 29.8 Å². The number of rotatable bonds is 5. The number of β-lactam (4-membered cyclic amide) rings is 1. The first-order valence-electron chi connectivity index (χ1n) is 7.01. The molecule has 1 amide bonds. The second-order valence-electron chi connectivity index (χ2n) is 5.51. The van der Waals surface area contributed by atoms with E-state index in [4.69, 9.17) is 4.74 Å². The SMILES string of the molecule is COC1CNCC1SC1=C(C(=O)O)N2C(=O)C(C(C)O)[C@H]2S1. The van der Waals surface area contributed by atoms with E-state index in [2.05, 4.69) is 5.32 Å². The van der Waals surface area contributed by atoms with Gasteiger partial charge in [0.05, 0.1) is 22.4 Å². The van der Waals surface area contributed by atoms with Gasteiger partial charge in [0.1, 0.15) is 5.37 Å². The molecule has 0 aromatic rings. The smallest absolute Gasteiger partial charge is 0.354 e. The number of carboxylic acid groups (broad SMARTS) is 1. The summed E-state index contributed by atoms with van der Waals surface area (Å²) in [5, 5.41) is 22.2. The maximum Gasteiger partial charge on any atom is 0.354 e. The van der Waals surface area contributed by atoms with Crippen LogP contribution in [-0.2, 0) is 14.3 Å². The molecule has 2 fully saturated rings. The molecule has 0 saturated carbocycles. The lowest BCUT2D eigenvalue weighted by Crippen LogP contribution is -2.60. The highest BCUT2D eigenvalue weighted by molar-refractivity contribution is 8.23. The Kier molecular flexibility index (Phi) is 4.43. The zero-order valence-corrected chi connectivity index (χ0v) is 13.8. The monoisotopic (exact) mass is 346 g/mol. The molecule has 3 heterocycles. The zero-order valence-electron chi connectivity index (χ0n) is 12.2. The first-order chi connectivity index (χ1) is 10.5. The van der Waals surface area contributed by atoms with E-state index in [1.54, 1.807) is 14.0 Å². The molecule has 9 heteroatoms. The van der Waals surface area contributed by atoms with Gasteiger partial charge in [-0.1, -0.05) is 11.8 Å². The van der Waals surface area contributed by atoms with Crippen molar-refractivity contribution in [3.8, 4) is 0 Å². The number of thioether (sulfide) groups is 2. The van der Waals surface area contributed by atoms with Crippen LogP contribution in [0.4, 0.5) is 0 Å². The Labute approximate surface area is 136 Å². The Morgan fingerprint density at radius 2 is 2.27 bits per heavy atom. The van der Waals surface area contributed by atoms with Gasteiger partial charge in [-0.25, -0.2) is 4.79 Å². The molecular formula is C13H18N2O5S2. The van der Waals surface area contributed by atoms with E-state index in [-0.39, 0.29) is 28.3 Å². The second kappa shape index (κ2) is 6.04. The molecule has 4 unspecified atom stereocenters. The van der Waals surface area contributed by atoms with Gasteiger partial charge in [0.25, 0.3) is 0 Å². The molecular weight excluding hydrogens is 328 g/mol. The first kappa shape index (κ1) is 16.1. The topological polar surface area (TPSA) is 99.1 Å². The van der Waals surface area contributed by atoms with E-state index < -0.39 is 18.0 Å². The van der Waals surface area contributed by atoms with Gasteiger partial charge >= 0.3 is 5.97 Å². The lowest BCUT2D eigenvalue weighted by molar-refractivity contribution is -0.156. The number of aliphatic hydroxyl groups is 1. The third-order valence-corrected chi connectivity index (χ3v) is 7.05. The van der Waals surface area contributed by atoms with Gasteiger partial charge in [-0.2, -0.15) is 0 Å². The van der Waals surface area contributed by atoms with E-state index in [1.807, 2.05) is 0 Å². The van der Waals surface area contributed by atoms with Crippen LogP contribution in [0.25, 0.3) is 0 Å². The van der Waals surface area contributed by atoms with Gasteiger partial charge in [0.15, 0.2) is 5.70 Å². The molecule has 2 saturated heterocycles. The third kappa shape index (κ3) is 2.44. The average Bonchev–Trinajstić information content (AvgIpc) is 3.01. The van der Waals surface area contributed by atoms with Gasteiger partial charge in [0, 0.05) is 25.4 Å². The molecule has 0 aliphatic carbocycles. The van der Waals surface area contributed by atoms with Crippen LogP contribution in [0.1, 0.15) is 6.92 Å². The molecule has 0 aromatic heterocycles. The summed E-state index contributed by atoms with van der Waals surface area (Å²) < 4.78 is 6.03. The number of carbonyl (C=O) groups is 2. The fourth-order valence-corrected chi connectivity index (χ4v) is 6.30. The van der Waals surface area contributed by atoms with Crippen LogP contribution in [0.5, 0.6) is 0 Å². The van der Waals surface area contributed by atoms with Crippen molar-refractivity contribution in [2.75, 3.05) is 20.2 Å². The number of carboxylic acids is 1. The maximum atomic E-state index is 12.1. The minimum Gasteiger partial charge on any atom is -0.477 e. The minimum absolute atomic E-state index is 0.0182. The summed E-state index contributed by atoms with van der Waals surface area (Å²) in [6, 6.07) is 0. The molecule has 0 radical (unpaired) electrons. The molecule has 5 atom stereocenters. The van der Waals surface area contributed by atoms with Crippen LogP contribution in [-0.4, -0.2) is 70.0 Å². The Morgan fingerprint density at radius 3 is 2.86 bits per heavy atom. The van der Waals surface area contributed by atoms with Crippen molar-refractivity contribution >= 4 is 35.4 Å². The van der Waals surface area contributed by atoms with E-state index in [9.17, 15) is 19.8 Å². The Bertz CT molecular complexity index is 539. The van der Waals surface area contributed by atoms with Crippen LogP contribution in [0.15, 0.2) is 9.93 Å². The van der Waals surface area contributed by atoms with Crippen molar-refractivity contribution in [1.29, 1.82) is 0 Å². The van der Waals surface area contributed by atoms with Crippen molar-refractivity contribution in [1.82, 2.24) is 10.2 Å². The molecule has 122 valence electrons. The maximum absolute atomic E-state index is 12.1. The summed E-state index contributed by atoms with van der Waals surface area (Å²) in [5.41, 5.74) is 0.0450. The molecule has 3 rings (SSSR count). The van der Waals surface area contributed by atoms with Crippen molar-refractivity contribution in [3.63, 3.8) is 0 Å². The second-order valence-corrected chi connectivity index (χ2v) is 8.15.